The lowest BCUT2D eigenvalue weighted by Gasteiger charge is -2.19. The van der Waals surface area contributed by atoms with E-state index in [-0.39, 0.29) is 30.0 Å². The number of carbonyl (C=O) groups is 1. The number of carbonyl (C=O) groups excluding carboxylic acids is 1. The van der Waals surface area contributed by atoms with Crippen LogP contribution in [0.2, 0.25) is 0 Å². The molecule has 0 aliphatic carbocycles. The van der Waals surface area contributed by atoms with Gasteiger partial charge < -0.3 is 5.11 Å². The van der Waals surface area contributed by atoms with Gasteiger partial charge in [-0.25, -0.2) is 9.37 Å². The molecule has 0 bridgehead atoms. The number of rotatable bonds is 7. The van der Waals surface area contributed by atoms with Crippen molar-refractivity contribution in [1.29, 1.82) is 0 Å². The molecule has 1 aromatic heterocycles. The maximum absolute atomic E-state index is 14.0. The standard InChI is InChI=1S/C20H27FN2O2S2/c1-11(2)14-7-13(21)8-15(12(3)4)16(14)9-18(24)23-27-19-22-10-17(26-19)20(5,6)25/h7-8,10-12,25H,9H2,1-6H3,(H,23,24). The number of benzene rings is 1. The summed E-state index contributed by atoms with van der Waals surface area (Å²) >= 11 is 2.48. The number of halogens is 1. The number of aliphatic hydroxyl groups is 1. The van der Waals surface area contributed by atoms with Gasteiger partial charge in [0.05, 0.1) is 16.9 Å². The van der Waals surface area contributed by atoms with E-state index in [4.69, 9.17) is 0 Å². The highest BCUT2D eigenvalue weighted by atomic mass is 32.2. The first-order valence-corrected chi connectivity index (χ1v) is 10.6. The summed E-state index contributed by atoms with van der Waals surface area (Å²) in [4.78, 5) is 17.5. The number of amides is 1. The summed E-state index contributed by atoms with van der Waals surface area (Å²) in [6, 6.07) is 3.06. The van der Waals surface area contributed by atoms with Crippen LogP contribution < -0.4 is 4.72 Å². The fraction of sp³-hybridized carbons (Fsp3) is 0.500. The number of hydrogen-bond donors (Lipinski definition) is 2. The molecule has 1 heterocycles. The number of nitrogens with one attached hydrogen (secondary N) is 1. The minimum atomic E-state index is -0.951. The molecular weight excluding hydrogens is 383 g/mol. The van der Waals surface area contributed by atoms with Crippen molar-refractivity contribution >= 4 is 29.2 Å². The van der Waals surface area contributed by atoms with E-state index in [1.807, 2.05) is 27.7 Å². The van der Waals surface area contributed by atoms with Gasteiger partial charge in [0.2, 0.25) is 5.91 Å². The molecule has 27 heavy (non-hydrogen) atoms. The summed E-state index contributed by atoms with van der Waals surface area (Å²) in [6.07, 6.45) is 1.81. The van der Waals surface area contributed by atoms with Crippen molar-refractivity contribution in [3.05, 3.63) is 45.7 Å². The summed E-state index contributed by atoms with van der Waals surface area (Å²) in [6.45, 7) is 11.4. The lowest BCUT2D eigenvalue weighted by atomic mass is 9.87. The zero-order valence-electron chi connectivity index (χ0n) is 16.6. The van der Waals surface area contributed by atoms with Gasteiger partial charge in [0.1, 0.15) is 5.82 Å². The molecule has 0 aliphatic heterocycles. The van der Waals surface area contributed by atoms with E-state index in [0.717, 1.165) is 33.5 Å². The van der Waals surface area contributed by atoms with E-state index in [2.05, 4.69) is 9.71 Å². The van der Waals surface area contributed by atoms with Crippen molar-refractivity contribution in [3.8, 4) is 0 Å². The zero-order chi connectivity index (χ0) is 20.4. The molecule has 4 nitrogen and oxygen atoms in total. The minimum absolute atomic E-state index is 0.127. The third-order valence-corrected chi connectivity index (χ3v) is 6.42. The van der Waals surface area contributed by atoms with E-state index in [0.29, 0.717) is 4.34 Å². The van der Waals surface area contributed by atoms with Gasteiger partial charge in [0.15, 0.2) is 4.34 Å². The highest BCUT2D eigenvalue weighted by Gasteiger charge is 2.21. The summed E-state index contributed by atoms with van der Waals surface area (Å²) < 4.78 is 17.5. The molecule has 0 radical (unpaired) electrons. The Morgan fingerprint density at radius 2 is 1.81 bits per heavy atom. The maximum Gasteiger partial charge on any atom is 0.234 e. The Bertz CT molecular complexity index is 782. The molecular formula is C20H27FN2O2S2. The van der Waals surface area contributed by atoms with Crippen molar-refractivity contribution in [2.24, 2.45) is 0 Å². The Hall–Kier alpha value is -1.44. The van der Waals surface area contributed by atoms with Crippen LogP contribution in [0.15, 0.2) is 22.7 Å². The van der Waals surface area contributed by atoms with Gasteiger partial charge in [-0.3, -0.25) is 9.52 Å². The molecule has 0 fully saturated rings. The molecule has 2 rings (SSSR count). The summed E-state index contributed by atoms with van der Waals surface area (Å²) in [5.74, 6) is -0.165. The second kappa shape index (κ2) is 8.71. The smallest absolute Gasteiger partial charge is 0.234 e. The molecule has 1 amide bonds. The normalized spacial score (nSPS) is 12.1. The summed E-state index contributed by atoms with van der Waals surface area (Å²) in [7, 11) is 0. The summed E-state index contributed by atoms with van der Waals surface area (Å²) in [5, 5.41) is 10.0. The number of hydrogen-bond acceptors (Lipinski definition) is 5. The zero-order valence-corrected chi connectivity index (χ0v) is 18.2. The number of thiazole rings is 1. The average molecular weight is 411 g/mol. The Labute approximate surface area is 168 Å². The monoisotopic (exact) mass is 410 g/mol. The molecule has 0 spiro atoms. The Kier molecular flexibility index (Phi) is 7.05. The molecule has 0 unspecified atom stereocenters. The SMILES string of the molecule is CC(C)c1cc(F)cc(C(C)C)c1CC(=O)NSc1ncc(C(C)(C)O)s1. The van der Waals surface area contributed by atoms with Crippen molar-refractivity contribution < 1.29 is 14.3 Å². The van der Waals surface area contributed by atoms with Gasteiger partial charge in [-0.2, -0.15) is 0 Å². The quantitative estimate of drug-likeness (QED) is 0.622. The number of nitrogens with zero attached hydrogens (tertiary/aromatic N) is 1. The minimum Gasteiger partial charge on any atom is -0.385 e. The molecule has 0 aliphatic rings. The van der Waals surface area contributed by atoms with E-state index in [1.54, 1.807) is 20.0 Å². The molecule has 0 saturated heterocycles. The highest BCUT2D eigenvalue weighted by Crippen LogP contribution is 2.31. The Morgan fingerprint density at radius 3 is 2.26 bits per heavy atom. The lowest BCUT2D eigenvalue weighted by molar-refractivity contribution is -0.118. The topological polar surface area (TPSA) is 62.2 Å². The van der Waals surface area contributed by atoms with Gasteiger partial charge in [0.25, 0.3) is 0 Å². The van der Waals surface area contributed by atoms with Crippen LogP contribution in [0.1, 0.15) is 74.9 Å². The van der Waals surface area contributed by atoms with Crippen LogP contribution >= 0.6 is 23.3 Å². The Morgan fingerprint density at radius 1 is 1.26 bits per heavy atom. The molecule has 2 N–H and O–H groups in total. The van der Waals surface area contributed by atoms with Gasteiger partial charge in [0, 0.05) is 18.1 Å². The maximum atomic E-state index is 14.0. The van der Waals surface area contributed by atoms with Crippen molar-refractivity contribution in [3.63, 3.8) is 0 Å². The predicted octanol–water partition coefficient (Wildman–Crippen LogP) is 5.12. The fourth-order valence-corrected chi connectivity index (χ4v) is 4.39. The van der Waals surface area contributed by atoms with Gasteiger partial charge in [-0.15, -0.1) is 11.3 Å². The second-order valence-electron chi connectivity index (χ2n) is 7.73. The van der Waals surface area contributed by atoms with E-state index < -0.39 is 5.60 Å². The first-order valence-electron chi connectivity index (χ1n) is 8.95. The lowest BCUT2D eigenvalue weighted by Crippen LogP contribution is -2.20. The third kappa shape index (κ3) is 5.77. The Balaban J connectivity index is 2.14. The fourth-order valence-electron chi connectivity index (χ4n) is 2.80. The predicted molar refractivity (Wildman–Crippen MR) is 110 cm³/mol. The molecule has 0 saturated carbocycles. The molecule has 148 valence electrons. The largest absolute Gasteiger partial charge is 0.385 e. The first kappa shape index (κ1) is 21.9. The highest BCUT2D eigenvalue weighted by molar-refractivity contribution is 7.99. The molecule has 7 heteroatoms. The van der Waals surface area contributed by atoms with Crippen molar-refractivity contribution in [2.75, 3.05) is 0 Å². The van der Waals surface area contributed by atoms with Crippen LogP contribution in [0.25, 0.3) is 0 Å². The van der Waals surface area contributed by atoms with E-state index in [1.165, 1.54) is 23.5 Å². The van der Waals surface area contributed by atoms with Crippen LogP contribution in [0.4, 0.5) is 4.39 Å². The van der Waals surface area contributed by atoms with Gasteiger partial charge in [-0.1, -0.05) is 27.7 Å². The van der Waals surface area contributed by atoms with Gasteiger partial charge >= 0.3 is 0 Å². The van der Waals surface area contributed by atoms with Crippen molar-refractivity contribution in [1.82, 2.24) is 9.71 Å². The van der Waals surface area contributed by atoms with Crippen LogP contribution in [-0.2, 0) is 16.8 Å². The molecule has 1 aromatic carbocycles. The van der Waals surface area contributed by atoms with Gasteiger partial charge in [-0.05, 0) is 54.5 Å². The van der Waals surface area contributed by atoms with Crippen LogP contribution in [0.3, 0.4) is 0 Å². The van der Waals surface area contributed by atoms with Crippen molar-refractivity contribution in [2.45, 2.75) is 69.7 Å². The number of aromatic nitrogens is 1. The van der Waals surface area contributed by atoms with Crippen LogP contribution in [0.5, 0.6) is 0 Å². The van der Waals surface area contributed by atoms with Crippen LogP contribution in [0, 0.1) is 5.82 Å². The summed E-state index contributed by atoms with van der Waals surface area (Å²) in [5.41, 5.74) is 1.69. The average Bonchev–Trinajstić information content (AvgIpc) is 3.03. The first-order chi connectivity index (χ1) is 12.5. The molecule has 2 aromatic rings. The molecule has 0 atom stereocenters. The second-order valence-corrected chi connectivity index (χ2v) is 9.81. The van der Waals surface area contributed by atoms with E-state index in [9.17, 15) is 14.3 Å². The van der Waals surface area contributed by atoms with Crippen LogP contribution in [-0.4, -0.2) is 16.0 Å². The third-order valence-electron chi connectivity index (χ3n) is 4.20. The van der Waals surface area contributed by atoms with E-state index >= 15 is 0 Å².